The van der Waals surface area contributed by atoms with Crippen LogP contribution in [-0.2, 0) is 4.74 Å². The lowest BCUT2D eigenvalue weighted by Gasteiger charge is -2.41. The molecule has 31 heavy (non-hydrogen) atoms. The van der Waals surface area contributed by atoms with Crippen molar-refractivity contribution in [1.82, 2.24) is 25.0 Å². The molecule has 0 radical (unpaired) electrons. The molecule has 4 rings (SSSR count). The van der Waals surface area contributed by atoms with Crippen LogP contribution in [0.15, 0.2) is 28.7 Å². The van der Waals surface area contributed by atoms with E-state index < -0.39 is 36.4 Å². The Bertz CT molecular complexity index is 1120. The zero-order chi connectivity index (χ0) is 22.1. The first-order valence-electron chi connectivity index (χ1n) is 8.79. The number of nitriles is 1. The minimum atomic E-state index is -1.28. The number of aliphatic hydroxyl groups is 3. The van der Waals surface area contributed by atoms with Crippen LogP contribution in [0.2, 0.25) is 9.49 Å². The van der Waals surface area contributed by atoms with Crippen LogP contribution in [0.3, 0.4) is 0 Å². The van der Waals surface area contributed by atoms with Crippen LogP contribution in [0.25, 0.3) is 11.4 Å². The standard InChI is InChI=1S/C17H14Cl2N6O4S2/c18-7-1-12(8(2-20)21-3-7)31-16-15(28)13(14(27)11(5-26)29-16)25-4-9(23-24-25)10-6-30-17(19)22-10/h1,3-4,6,11,13-16,26-28H,5H2. The lowest BCUT2D eigenvalue weighted by molar-refractivity contribution is -0.178. The summed E-state index contributed by atoms with van der Waals surface area (Å²) in [6.45, 7) is -0.496. The van der Waals surface area contributed by atoms with Crippen molar-refractivity contribution in [3.63, 3.8) is 0 Å². The third-order valence-corrected chi connectivity index (χ3v) is 6.94. The third kappa shape index (κ3) is 4.55. The summed E-state index contributed by atoms with van der Waals surface area (Å²) in [4.78, 5) is 8.49. The van der Waals surface area contributed by atoms with Gasteiger partial charge < -0.3 is 20.1 Å². The largest absolute Gasteiger partial charge is 0.394 e. The number of thiazole rings is 1. The molecule has 1 fully saturated rings. The fourth-order valence-electron chi connectivity index (χ4n) is 3.11. The van der Waals surface area contributed by atoms with Crippen molar-refractivity contribution >= 4 is 46.3 Å². The number of aromatic nitrogens is 5. The van der Waals surface area contributed by atoms with Crippen LogP contribution in [0.1, 0.15) is 11.7 Å². The van der Waals surface area contributed by atoms with Crippen LogP contribution < -0.4 is 0 Å². The molecule has 3 N–H and O–H groups in total. The number of pyridine rings is 1. The van der Waals surface area contributed by atoms with Crippen LogP contribution >= 0.6 is 46.3 Å². The summed E-state index contributed by atoms with van der Waals surface area (Å²) in [5, 5.41) is 50.8. The van der Waals surface area contributed by atoms with Crippen molar-refractivity contribution in [3.8, 4) is 17.5 Å². The molecular weight excluding hydrogens is 487 g/mol. The normalized spacial score (nSPS) is 26.0. The van der Waals surface area contributed by atoms with E-state index in [2.05, 4.69) is 20.3 Å². The monoisotopic (exact) mass is 500 g/mol. The Labute approximate surface area is 194 Å². The average Bonchev–Trinajstić information content (AvgIpc) is 3.39. The summed E-state index contributed by atoms with van der Waals surface area (Å²) in [7, 11) is 0. The lowest BCUT2D eigenvalue weighted by atomic mass is 9.97. The van der Waals surface area contributed by atoms with Gasteiger partial charge in [-0.05, 0) is 6.07 Å². The smallest absolute Gasteiger partial charge is 0.184 e. The van der Waals surface area contributed by atoms with Gasteiger partial charge in [-0.25, -0.2) is 14.6 Å². The van der Waals surface area contributed by atoms with E-state index in [1.807, 2.05) is 6.07 Å². The topological polar surface area (TPSA) is 150 Å². The molecule has 3 aromatic rings. The van der Waals surface area contributed by atoms with E-state index >= 15 is 0 Å². The Morgan fingerprint density at radius 1 is 1.29 bits per heavy atom. The second kappa shape index (κ2) is 9.35. The Morgan fingerprint density at radius 3 is 2.77 bits per heavy atom. The SMILES string of the molecule is N#Cc1ncc(Cl)cc1SC1OC(CO)C(O)C(n2cc(-c3csc(Cl)n3)nn2)C1O. The molecule has 162 valence electrons. The second-order valence-electron chi connectivity index (χ2n) is 6.50. The van der Waals surface area contributed by atoms with Crippen LogP contribution in [0, 0.1) is 11.3 Å². The van der Waals surface area contributed by atoms with Crippen molar-refractivity contribution in [1.29, 1.82) is 5.26 Å². The number of hydrogen-bond acceptors (Lipinski definition) is 11. The molecule has 5 atom stereocenters. The number of hydrogen-bond donors (Lipinski definition) is 3. The van der Waals surface area contributed by atoms with Crippen LogP contribution in [-0.4, -0.2) is 70.6 Å². The first-order valence-corrected chi connectivity index (χ1v) is 11.3. The molecule has 1 saturated heterocycles. The number of nitrogens with zero attached hydrogens (tertiary/aromatic N) is 6. The molecule has 0 spiro atoms. The molecule has 1 aliphatic rings. The quantitative estimate of drug-likeness (QED) is 0.472. The van der Waals surface area contributed by atoms with E-state index in [0.717, 1.165) is 11.8 Å². The van der Waals surface area contributed by atoms with E-state index in [1.165, 1.54) is 34.5 Å². The number of rotatable bonds is 5. The summed E-state index contributed by atoms with van der Waals surface area (Å²) in [6, 6.07) is 2.50. The molecule has 10 nitrogen and oxygen atoms in total. The Kier molecular flexibility index (Phi) is 6.75. The summed E-state index contributed by atoms with van der Waals surface area (Å²) in [6.07, 6.45) is -0.705. The minimum absolute atomic E-state index is 0.108. The molecule has 0 saturated carbocycles. The zero-order valence-electron chi connectivity index (χ0n) is 15.4. The summed E-state index contributed by atoms with van der Waals surface area (Å²) >= 11 is 14.1. The molecule has 0 amide bonds. The van der Waals surface area contributed by atoms with Crippen molar-refractivity contribution in [2.45, 2.75) is 34.7 Å². The zero-order valence-corrected chi connectivity index (χ0v) is 18.6. The summed E-state index contributed by atoms with van der Waals surface area (Å²) in [5.74, 6) is 0. The van der Waals surface area contributed by atoms with Crippen molar-refractivity contribution in [3.05, 3.63) is 39.0 Å². The van der Waals surface area contributed by atoms with E-state index in [4.69, 9.17) is 27.9 Å². The molecule has 0 aromatic carbocycles. The third-order valence-electron chi connectivity index (χ3n) is 4.57. The molecule has 14 heteroatoms. The maximum atomic E-state index is 11.0. The molecule has 3 aromatic heterocycles. The van der Waals surface area contributed by atoms with Gasteiger partial charge in [0.25, 0.3) is 0 Å². The van der Waals surface area contributed by atoms with Crippen molar-refractivity contribution in [2.75, 3.05) is 6.61 Å². The molecule has 5 unspecified atom stereocenters. The van der Waals surface area contributed by atoms with Gasteiger partial charge in [0.2, 0.25) is 0 Å². The van der Waals surface area contributed by atoms with Gasteiger partial charge in [-0.3, -0.25) is 0 Å². The molecule has 0 aliphatic carbocycles. The molecule has 4 heterocycles. The van der Waals surface area contributed by atoms with E-state index in [-0.39, 0.29) is 5.69 Å². The number of aliphatic hydroxyl groups excluding tert-OH is 3. The van der Waals surface area contributed by atoms with E-state index in [0.29, 0.717) is 25.8 Å². The molecule has 1 aliphatic heterocycles. The van der Waals surface area contributed by atoms with Gasteiger partial charge in [-0.15, -0.1) is 16.4 Å². The highest BCUT2D eigenvalue weighted by atomic mass is 35.5. The number of thioether (sulfide) groups is 1. The second-order valence-corrected chi connectivity index (χ2v) is 9.51. The minimum Gasteiger partial charge on any atom is -0.394 e. The van der Waals surface area contributed by atoms with Gasteiger partial charge >= 0.3 is 0 Å². The summed E-state index contributed by atoms with van der Waals surface area (Å²) < 4.78 is 7.34. The van der Waals surface area contributed by atoms with Crippen molar-refractivity contribution < 1.29 is 20.1 Å². The van der Waals surface area contributed by atoms with Crippen LogP contribution in [0.5, 0.6) is 0 Å². The molecular formula is C17H14Cl2N6O4S2. The number of halogens is 2. The van der Waals surface area contributed by atoms with Gasteiger partial charge in [-0.1, -0.05) is 40.2 Å². The highest BCUT2D eigenvalue weighted by Gasteiger charge is 2.46. The Balaban J connectivity index is 1.64. The van der Waals surface area contributed by atoms with Crippen LogP contribution in [0.4, 0.5) is 0 Å². The number of ether oxygens (including phenoxy) is 1. The van der Waals surface area contributed by atoms with Gasteiger partial charge in [0.05, 0.1) is 17.8 Å². The van der Waals surface area contributed by atoms with E-state index in [9.17, 15) is 20.6 Å². The molecule has 0 bridgehead atoms. The average molecular weight is 501 g/mol. The van der Waals surface area contributed by atoms with Gasteiger partial charge in [0, 0.05) is 16.5 Å². The van der Waals surface area contributed by atoms with Gasteiger partial charge in [0.1, 0.15) is 47.2 Å². The van der Waals surface area contributed by atoms with Crippen molar-refractivity contribution in [2.24, 2.45) is 0 Å². The predicted molar refractivity (Wildman–Crippen MR) is 113 cm³/mol. The highest BCUT2D eigenvalue weighted by molar-refractivity contribution is 7.99. The fourth-order valence-corrected chi connectivity index (χ4v) is 5.24. The fraction of sp³-hybridized carbons (Fsp3) is 0.353. The summed E-state index contributed by atoms with van der Waals surface area (Å²) in [5.41, 5.74) is 0.0614. The van der Waals surface area contributed by atoms with E-state index in [1.54, 1.807) is 5.38 Å². The van der Waals surface area contributed by atoms with Gasteiger partial charge in [0.15, 0.2) is 10.2 Å². The predicted octanol–water partition coefficient (Wildman–Crippen LogP) is 1.75. The maximum absolute atomic E-state index is 11.0. The lowest BCUT2D eigenvalue weighted by Crippen LogP contribution is -2.55. The first kappa shape index (κ1) is 22.4. The Hall–Kier alpha value is -1.82. The maximum Gasteiger partial charge on any atom is 0.184 e. The Morgan fingerprint density at radius 2 is 2.10 bits per heavy atom. The van der Waals surface area contributed by atoms with Gasteiger partial charge in [-0.2, -0.15) is 5.26 Å². The highest BCUT2D eigenvalue weighted by Crippen LogP contribution is 2.39. The first-order chi connectivity index (χ1) is 14.9.